The second-order valence-corrected chi connectivity index (χ2v) is 7.97. The number of anilines is 1. The summed E-state index contributed by atoms with van der Waals surface area (Å²) in [5.74, 6) is 0.0327. The molecular formula is C22H20ClN3OS. The highest BCUT2D eigenvalue weighted by Crippen LogP contribution is 2.30. The summed E-state index contributed by atoms with van der Waals surface area (Å²) >= 11 is 7.84. The van der Waals surface area contributed by atoms with Gasteiger partial charge in [-0.1, -0.05) is 53.7 Å². The largest absolute Gasteiger partial charge is 0.367 e. The lowest BCUT2D eigenvalue weighted by Gasteiger charge is -2.36. The first-order valence-electron chi connectivity index (χ1n) is 9.19. The number of halogens is 1. The fraction of sp³-hybridized carbons (Fsp3) is 0.182. The van der Waals surface area contributed by atoms with E-state index in [0.717, 1.165) is 33.7 Å². The first-order valence-corrected chi connectivity index (χ1v) is 10.4. The van der Waals surface area contributed by atoms with Crippen molar-refractivity contribution in [1.29, 1.82) is 0 Å². The second kappa shape index (κ2) is 8.67. The van der Waals surface area contributed by atoms with Crippen LogP contribution in [-0.2, 0) is 0 Å². The van der Waals surface area contributed by atoms with E-state index in [1.54, 1.807) is 6.20 Å². The number of aromatic nitrogens is 1. The van der Waals surface area contributed by atoms with E-state index >= 15 is 0 Å². The molecule has 0 unspecified atom stereocenters. The number of nitrogens with zero attached hydrogens (tertiary/aromatic N) is 3. The van der Waals surface area contributed by atoms with Gasteiger partial charge < -0.3 is 9.80 Å². The van der Waals surface area contributed by atoms with E-state index in [-0.39, 0.29) is 5.91 Å². The molecule has 0 radical (unpaired) electrons. The van der Waals surface area contributed by atoms with E-state index < -0.39 is 0 Å². The summed E-state index contributed by atoms with van der Waals surface area (Å²) in [5, 5.41) is 1.49. The topological polar surface area (TPSA) is 36.4 Å². The van der Waals surface area contributed by atoms with Crippen molar-refractivity contribution in [2.24, 2.45) is 0 Å². The molecule has 1 fully saturated rings. The highest BCUT2D eigenvalue weighted by molar-refractivity contribution is 7.99. The monoisotopic (exact) mass is 409 g/mol. The van der Waals surface area contributed by atoms with Crippen molar-refractivity contribution >= 4 is 35.0 Å². The van der Waals surface area contributed by atoms with Crippen molar-refractivity contribution < 1.29 is 4.79 Å². The molecule has 6 heteroatoms. The average molecular weight is 410 g/mol. The maximum absolute atomic E-state index is 13.1. The predicted molar refractivity (Wildman–Crippen MR) is 114 cm³/mol. The number of rotatable bonds is 4. The van der Waals surface area contributed by atoms with Crippen molar-refractivity contribution in [2.45, 2.75) is 9.92 Å². The van der Waals surface area contributed by atoms with Gasteiger partial charge in [0.05, 0.1) is 16.3 Å². The fourth-order valence-corrected chi connectivity index (χ4v) is 4.41. The van der Waals surface area contributed by atoms with Gasteiger partial charge in [0.25, 0.3) is 5.91 Å². The average Bonchev–Trinajstić information content (AvgIpc) is 2.75. The van der Waals surface area contributed by atoms with E-state index in [0.29, 0.717) is 18.7 Å². The van der Waals surface area contributed by atoms with E-state index in [1.165, 1.54) is 11.8 Å². The van der Waals surface area contributed by atoms with Crippen LogP contribution in [-0.4, -0.2) is 42.0 Å². The van der Waals surface area contributed by atoms with Crippen LogP contribution in [0.3, 0.4) is 0 Å². The molecule has 4 nitrogen and oxygen atoms in total. The molecule has 142 valence electrons. The van der Waals surface area contributed by atoms with Crippen molar-refractivity contribution in [3.8, 4) is 0 Å². The molecule has 0 atom stereocenters. The van der Waals surface area contributed by atoms with E-state index in [9.17, 15) is 4.79 Å². The molecule has 0 saturated carbocycles. The van der Waals surface area contributed by atoms with Gasteiger partial charge in [-0.15, -0.1) is 0 Å². The second-order valence-electron chi connectivity index (χ2n) is 6.50. The van der Waals surface area contributed by atoms with Gasteiger partial charge in [0.2, 0.25) is 0 Å². The Morgan fingerprint density at radius 2 is 1.61 bits per heavy atom. The van der Waals surface area contributed by atoms with E-state index in [2.05, 4.69) is 9.88 Å². The number of hydrogen-bond acceptors (Lipinski definition) is 4. The minimum absolute atomic E-state index is 0.0327. The molecule has 2 heterocycles. The highest BCUT2D eigenvalue weighted by atomic mass is 35.5. The molecule has 1 amide bonds. The lowest BCUT2D eigenvalue weighted by atomic mass is 10.2. The Labute approximate surface area is 174 Å². The van der Waals surface area contributed by atoms with Crippen LogP contribution in [0.5, 0.6) is 0 Å². The molecule has 1 aliphatic rings. The molecule has 2 aromatic carbocycles. The number of para-hydroxylation sites is 1. The van der Waals surface area contributed by atoms with Crippen LogP contribution in [0.15, 0.2) is 82.8 Å². The Hall–Kier alpha value is -2.50. The van der Waals surface area contributed by atoms with E-state index in [1.807, 2.05) is 71.6 Å². The number of amides is 1. The number of hydrogen-bond donors (Lipinski definition) is 0. The van der Waals surface area contributed by atoms with Crippen LogP contribution in [0, 0.1) is 0 Å². The zero-order chi connectivity index (χ0) is 19.3. The Morgan fingerprint density at radius 3 is 2.36 bits per heavy atom. The molecular weight excluding hydrogens is 390 g/mol. The maximum atomic E-state index is 13.1. The summed E-state index contributed by atoms with van der Waals surface area (Å²) in [6.45, 7) is 2.84. The minimum Gasteiger partial charge on any atom is -0.367 e. The summed E-state index contributed by atoms with van der Waals surface area (Å²) in [6.07, 6.45) is 1.73. The van der Waals surface area contributed by atoms with Crippen LogP contribution in [0.25, 0.3) is 0 Å². The molecule has 1 aromatic heterocycles. The third-order valence-corrected chi connectivity index (χ3v) is 6.07. The van der Waals surface area contributed by atoms with Crippen LogP contribution >= 0.6 is 23.4 Å². The predicted octanol–water partition coefficient (Wildman–Crippen LogP) is 4.85. The molecule has 4 rings (SSSR count). The zero-order valence-electron chi connectivity index (χ0n) is 15.3. The van der Waals surface area contributed by atoms with Gasteiger partial charge in [0.15, 0.2) is 0 Å². The lowest BCUT2D eigenvalue weighted by Crippen LogP contribution is -2.49. The molecule has 0 aliphatic carbocycles. The molecule has 0 N–H and O–H groups in total. The number of piperazine rings is 1. The number of carbonyl (C=O) groups is 1. The van der Waals surface area contributed by atoms with Crippen LogP contribution in [0.4, 0.5) is 5.69 Å². The molecule has 1 saturated heterocycles. The van der Waals surface area contributed by atoms with Crippen molar-refractivity contribution in [2.75, 3.05) is 31.1 Å². The normalized spacial score (nSPS) is 14.2. The number of benzene rings is 2. The van der Waals surface area contributed by atoms with Gasteiger partial charge in [-0.05, 0) is 36.4 Å². The lowest BCUT2D eigenvalue weighted by molar-refractivity contribution is 0.0742. The van der Waals surface area contributed by atoms with Gasteiger partial charge in [-0.2, -0.15) is 0 Å². The maximum Gasteiger partial charge on any atom is 0.256 e. The summed E-state index contributed by atoms with van der Waals surface area (Å²) in [5.41, 5.74) is 1.68. The third-order valence-electron chi connectivity index (χ3n) is 4.72. The SMILES string of the molecule is O=C(c1cccnc1Sc1ccccc1)N1CCN(c2ccccc2Cl)CC1. The van der Waals surface area contributed by atoms with Gasteiger partial charge >= 0.3 is 0 Å². The number of pyridine rings is 1. The number of carbonyl (C=O) groups excluding carboxylic acids is 1. The Kier molecular flexibility index (Phi) is 5.84. The standard InChI is InChI=1S/C22H20ClN3OS/c23-19-10-4-5-11-20(19)25-13-15-26(16-14-25)22(27)18-9-6-12-24-21(18)28-17-7-2-1-3-8-17/h1-12H,13-16H2. The first-order chi connectivity index (χ1) is 13.7. The van der Waals surface area contributed by atoms with Crippen molar-refractivity contribution in [3.63, 3.8) is 0 Å². The van der Waals surface area contributed by atoms with Gasteiger partial charge in [0, 0.05) is 37.3 Å². The Bertz CT molecular complexity index is 959. The minimum atomic E-state index is 0.0327. The summed E-state index contributed by atoms with van der Waals surface area (Å²) < 4.78 is 0. The quantitative estimate of drug-likeness (QED) is 0.617. The Morgan fingerprint density at radius 1 is 0.893 bits per heavy atom. The summed E-state index contributed by atoms with van der Waals surface area (Å²) in [6, 6.07) is 21.5. The molecule has 0 spiro atoms. The van der Waals surface area contributed by atoms with Gasteiger partial charge in [-0.25, -0.2) is 4.98 Å². The van der Waals surface area contributed by atoms with Crippen molar-refractivity contribution in [3.05, 3.63) is 83.5 Å². The smallest absolute Gasteiger partial charge is 0.256 e. The fourth-order valence-electron chi connectivity index (χ4n) is 3.26. The Balaban J connectivity index is 1.47. The summed E-state index contributed by atoms with van der Waals surface area (Å²) in [7, 11) is 0. The van der Waals surface area contributed by atoms with Crippen molar-refractivity contribution in [1.82, 2.24) is 9.88 Å². The zero-order valence-corrected chi connectivity index (χ0v) is 16.9. The molecule has 0 bridgehead atoms. The molecule has 3 aromatic rings. The van der Waals surface area contributed by atoms with Gasteiger partial charge in [-0.3, -0.25) is 4.79 Å². The van der Waals surface area contributed by atoms with Gasteiger partial charge in [0.1, 0.15) is 5.03 Å². The van der Waals surface area contributed by atoms with Crippen LogP contribution in [0.1, 0.15) is 10.4 Å². The van der Waals surface area contributed by atoms with E-state index in [4.69, 9.17) is 11.6 Å². The summed E-state index contributed by atoms with van der Waals surface area (Å²) in [4.78, 5) is 22.8. The molecule has 1 aliphatic heterocycles. The first kappa shape index (κ1) is 18.8. The van der Waals surface area contributed by atoms with Crippen LogP contribution in [0.2, 0.25) is 5.02 Å². The molecule has 28 heavy (non-hydrogen) atoms. The highest BCUT2D eigenvalue weighted by Gasteiger charge is 2.25. The third kappa shape index (κ3) is 4.16. The van der Waals surface area contributed by atoms with Crippen LogP contribution < -0.4 is 4.90 Å².